The molecule has 0 saturated carbocycles. The summed E-state index contributed by atoms with van der Waals surface area (Å²) in [5.41, 5.74) is 2.63. The van der Waals surface area contributed by atoms with Gasteiger partial charge in [0.05, 0.1) is 39.6 Å². The van der Waals surface area contributed by atoms with Crippen molar-refractivity contribution in [1.82, 2.24) is 10.2 Å². The Morgan fingerprint density at radius 2 is 1.63 bits per heavy atom. The second-order valence-corrected chi connectivity index (χ2v) is 8.23. The zero-order valence-electron chi connectivity index (χ0n) is 19.7. The molecule has 11 heteroatoms. The summed E-state index contributed by atoms with van der Waals surface area (Å²) < 4.78 is 21.1. The number of hydrogen-bond acceptors (Lipinski definition) is 8. The van der Waals surface area contributed by atoms with Crippen LogP contribution in [0.2, 0.25) is 0 Å². The topological polar surface area (TPSA) is 141 Å². The van der Waals surface area contributed by atoms with Gasteiger partial charge in [-0.2, -0.15) is 0 Å². The number of carbonyl (C=O) groups excluding carboxylic acids is 3. The number of carbonyl (C=O) groups is 4. The number of carboxylic acids is 1. The van der Waals surface area contributed by atoms with Gasteiger partial charge in [0.1, 0.15) is 12.6 Å². The van der Waals surface area contributed by atoms with Gasteiger partial charge in [0.15, 0.2) is 0 Å². The number of ether oxygens (including phenoxy) is 4. The van der Waals surface area contributed by atoms with Gasteiger partial charge in [-0.1, -0.05) is 12.1 Å². The zero-order chi connectivity index (χ0) is 25.0. The molecule has 192 valence electrons. The van der Waals surface area contributed by atoms with E-state index >= 15 is 0 Å². The lowest BCUT2D eigenvalue weighted by Gasteiger charge is -2.29. The summed E-state index contributed by atoms with van der Waals surface area (Å²) in [5.74, 6) is -1.88. The molecule has 35 heavy (non-hydrogen) atoms. The fraction of sp³-hybridized carbons (Fsp3) is 0.583. The third-order valence-electron chi connectivity index (χ3n) is 5.76. The number of benzene rings is 1. The molecule has 11 nitrogen and oxygen atoms in total. The van der Waals surface area contributed by atoms with E-state index in [4.69, 9.17) is 24.1 Å². The lowest BCUT2D eigenvalue weighted by atomic mass is 10.00. The van der Waals surface area contributed by atoms with E-state index in [0.29, 0.717) is 58.2 Å². The Bertz CT molecular complexity index is 905. The van der Waals surface area contributed by atoms with Crippen LogP contribution >= 0.6 is 0 Å². The minimum absolute atomic E-state index is 0.165. The summed E-state index contributed by atoms with van der Waals surface area (Å²) in [6.45, 7) is 2.83. The van der Waals surface area contributed by atoms with E-state index < -0.39 is 17.9 Å². The Labute approximate surface area is 203 Å². The summed E-state index contributed by atoms with van der Waals surface area (Å²) in [5, 5.41) is 10.8. The van der Waals surface area contributed by atoms with E-state index in [2.05, 4.69) is 5.32 Å². The Morgan fingerprint density at radius 1 is 0.971 bits per heavy atom. The molecule has 0 radical (unpaired) electrons. The van der Waals surface area contributed by atoms with Crippen molar-refractivity contribution in [1.29, 1.82) is 0 Å². The normalized spacial score (nSPS) is 17.5. The van der Waals surface area contributed by atoms with E-state index in [9.17, 15) is 19.2 Å². The molecule has 1 aromatic carbocycles. The van der Waals surface area contributed by atoms with E-state index in [1.165, 1.54) is 0 Å². The van der Waals surface area contributed by atoms with Crippen LogP contribution in [0, 0.1) is 0 Å². The fourth-order valence-corrected chi connectivity index (χ4v) is 4.07. The van der Waals surface area contributed by atoms with Crippen LogP contribution in [-0.4, -0.2) is 92.6 Å². The third kappa shape index (κ3) is 8.10. The number of piperidine rings is 1. The number of aliphatic carboxylic acids is 1. The standard InChI is InChI=1S/C24H32N2O9/c27-21-7-6-20(23(30)25-21)26-15-19-17(3-1-5-18(19)24(26)31)4-2-8-32-9-10-33-11-12-34-13-14-35-16-22(28)29/h1,3,5,20H,2,4,6-16H2,(H,28,29)(H,25,27,30). The van der Waals surface area contributed by atoms with Crippen LogP contribution < -0.4 is 5.32 Å². The minimum atomic E-state index is -1.01. The van der Waals surface area contributed by atoms with Crippen LogP contribution in [-0.2, 0) is 46.3 Å². The van der Waals surface area contributed by atoms with Crippen LogP contribution in [0.1, 0.15) is 40.7 Å². The van der Waals surface area contributed by atoms with Gasteiger partial charge in [0.2, 0.25) is 11.8 Å². The van der Waals surface area contributed by atoms with Gasteiger partial charge in [-0.25, -0.2) is 4.79 Å². The van der Waals surface area contributed by atoms with Crippen molar-refractivity contribution in [2.45, 2.75) is 38.3 Å². The number of aryl methyl sites for hydroxylation is 1. The number of nitrogens with one attached hydrogen (secondary N) is 1. The molecule has 1 fully saturated rings. The summed E-state index contributed by atoms with van der Waals surface area (Å²) in [7, 11) is 0. The molecule has 1 saturated heterocycles. The number of nitrogens with zero attached hydrogens (tertiary/aromatic N) is 1. The molecule has 2 aliphatic rings. The van der Waals surface area contributed by atoms with Crippen molar-refractivity contribution in [3.63, 3.8) is 0 Å². The molecule has 2 aliphatic heterocycles. The summed E-state index contributed by atoms with van der Waals surface area (Å²) in [6, 6.07) is 5.03. The molecule has 0 aromatic heterocycles. The molecule has 0 bridgehead atoms. The third-order valence-corrected chi connectivity index (χ3v) is 5.76. The summed E-state index contributed by atoms with van der Waals surface area (Å²) in [4.78, 5) is 48.4. The smallest absolute Gasteiger partial charge is 0.329 e. The molecule has 2 heterocycles. The molecular weight excluding hydrogens is 460 g/mol. The number of rotatable bonds is 16. The zero-order valence-corrected chi connectivity index (χ0v) is 19.7. The first-order valence-corrected chi connectivity index (χ1v) is 11.8. The lowest BCUT2D eigenvalue weighted by Crippen LogP contribution is -2.52. The van der Waals surface area contributed by atoms with E-state index in [1.54, 1.807) is 11.0 Å². The second kappa shape index (κ2) is 13.9. The van der Waals surface area contributed by atoms with Gasteiger partial charge in [0, 0.05) is 25.1 Å². The average Bonchev–Trinajstić information content (AvgIpc) is 3.16. The maximum absolute atomic E-state index is 12.9. The highest BCUT2D eigenvalue weighted by Crippen LogP contribution is 2.30. The first-order valence-electron chi connectivity index (χ1n) is 11.8. The van der Waals surface area contributed by atoms with Crippen molar-refractivity contribution in [3.8, 4) is 0 Å². The second-order valence-electron chi connectivity index (χ2n) is 8.23. The molecule has 2 N–H and O–H groups in total. The molecular formula is C24H32N2O9. The highest BCUT2D eigenvalue weighted by atomic mass is 16.6. The van der Waals surface area contributed by atoms with Crippen molar-refractivity contribution >= 4 is 23.7 Å². The van der Waals surface area contributed by atoms with Gasteiger partial charge in [0.25, 0.3) is 5.91 Å². The van der Waals surface area contributed by atoms with Gasteiger partial charge >= 0.3 is 5.97 Å². The Hall–Kier alpha value is -2.86. The van der Waals surface area contributed by atoms with Crippen LogP contribution in [0.25, 0.3) is 0 Å². The molecule has 1 unspecified atom stereocenters. The minimum Gasteiger partial charge on any atom is -0.480 e. The van der Waals surface area contributed by atoms with Gasteiger partial charge in [-0.3, -0.25) is 19.7 Å². The number of imide groups is 1. The van der Waals surface area contributed by atoms with Crippen molar-refractivity contribution < 1.29 is 43.2 Å². The summed E-state index contributed by atoms with van der Waals surface area (Å²) >= 11 is 0. The highest BCUT2D eigenvalue weighted by Gasteiger charge is 2.39. The maximum Gasteiger partial charge on any atom is 0.329 e. The first kappa shape index (κ1) is 26.7. The number of fused-ring (bicyclic) bond motifs is 1. The van der Waals surface area contributed by atoms with Crippen molar-refractivity contribution in [2.75, 3.05) is 52.9 Å². The van der Waals surface area contributed by atoms with Gasteiger partial charge in [-0.05, 0) is 36.5 Å². The van der Waals surface area contributed by atoms with Gasteiger partial charge in [-0.15, -0.1) is 0 Å². The molecule has 0 spiro atoms. The SMILES string of the molecule is O=C(O)COCCOCCOCCOCCCc1cccc2c1CN(C1CCC(=O)NC1=O)C2=O. The molecule has 1 atom stereocenters. The Kier molecular flexibility index (Phi) is 10.6. The number of carboxylic acid groups (broad SMARTS) is 1. The maximum atomic E-state index is 12.9. The lowest BCUT2D eigenvalue weighted by molar-refractivity contribution is -0.143. The fourth-order valence-electron chi connectivity index (χ4n) is 4.07. The van der Waals surface area contributed by atoms with E-state index in [1.807, 2.05) is 12.1 Å². The van der Waals surface area contributed by atoms with Crippen molar-refractivity contribution in [2.24, 2.45) is 0 Å². The Balaban J connectivity index is 1.28. The predicted molar refractivity (Wildman–Crippen MR) is 122 cm³/mol. The van der Waals surface area contributed by atoms with Crippen LogP contribution in [0.4, 0.5) is 0 Å². The quantitative estimate of drug-likeness (QED) is 0.250. The predicted octanol–water partition coefficient (Wildman–Crippen LogP) is 0.531. The number of amides is 3. The van der Waals surface area contributed by atoms with Crippen molar-refractivity contribution in [3.05, 3.63) is 34.9 Å². The van der Waals surface area contributed by atoms with E-state index in [-0.39, 0.29) is 31.4 Å². The first-order chi connectivity index (χ1) is 17.0. The molecule has 3 amide bonds. The van der Waals surface area contributed by atoms with E-state index in [0.717, 1.165) is 24.0 Å². The molecule has 0 aliphatic carbocycles. The monoisotopic (exact) mass is 492 g/mol. The number of hydrogen-bond donors (Lipinski definition) is 2. The van der Waals surface area contributed by atoms with Crippen LogP contribution in [0.5, 0.6) is 0 Å². The summed E-state index contributed by atoms with van der Waals surface area (Å²) in [6.07, 6.45) is 2.12. The molecule has 1 aromatic rings. The highest BCUT2D eigenvalue weighted by molar-refractivity contribution is 6.05. The average molecular weight is 493 g/mol. The van der Waals surface area contributed by atoms with Crippen LogP contribution in [0.15, 0.2) is 18.2 Å². The molecule has 3 rings (SSSR count). The van der Waals surface area contributed by atoms with Crippen LogP contribution in [0.3, 0.4) is 0 Å². The Morgan fingerprint density at radius 3 is 2.29 bits per heavy atom. The van der Waals surface area contributed by atoms with Gasteiger partial charge < -0.3 is 29.0 Å². The largest absolute Gasteiger partial charge is 0.480 e.